The predicted octanol–water partition coefficient (Wildman–Crippen LogP) is 3.89. The second-order valence-electron chi connectivity index (χ2n) is 5.54. The summed E-state index contributed by atoms with van der Waals surface area (Å²) in [4.78, 5) is 12.5. The number of imidazole rings is 1. The van der Waals surface area contributed by atoms with E-state index in [1.807, 2.05) is 0 Å². The Hall–Kier alpha value is -2.55. The fourth-order valence-corrected chi connectivity index (χ4v) is 3.27. The zero-order valence-electron chi connectivity index (χ0n) is 13.5. The zero-order chi connectivity index (χ0) is 19.1. The molecular weight excluding hydrogens is 415 g/mol. The number of carbonyl (C=O) groups is 1. The molecule has 0 unspecified atom stereocenters. The third-order valence-electron chi connectivity index (χ3n) is 3.87. The number of alkyl halides is 3. The summed E-state index contributed by atoms with van der Waals surface area (Å²) in [5.41, 5.74) is -0.391. The van der Waals surface area contributed by atoms with Gasteiger partial charge in [-0.25, -0.2) is 0 Å². The van der Waals surface area contributed by atoms with Gasteiger partial charge in [-0.2, -0.15) is 13.2 Å². The average Bonchev–Trinajstić information content (AvgIpc) is 2.89. The number of pyridine rings is 1. The van der Waals surface area contributed by atoms with Crippen LogP contribution < -0.4 is 10.4 Å². The number of fused-ring (bicyclic) bond motifs is 1. The van der Waals surface area contributed by atoms with E-state index >= 15 is 0 Å². The summed E-state index contributed by atoms with van der Waals surface area (Å²) in [6.45, 7) is -0.253. The first kappa shape index (κ1) is 18.2. The van der Waals surface area contributed by atoms with Gasteiger partial charge in [0.25, 0.3) is 0 Å². The molecular formula is C17H13BrF3N3O2. The molecule has 3 rings (SSSR count). The van der Waals surface area contributed by atoms with Crippen LogP contribution >= 0.6 is 15.9 Å². The van der Waals surface area contributed by atoms with Crippen LogP contribution in [0.4, 0.5) is 13.2 Å². The van der Waals surface area contributed by atoms with Gasteiger partial charge in [0.05, 0.1) is 29.2 Å². The number of rotatable bonds is 4. The van der Waals surface area contributed by atoms with Crippen molar-refractivity contribution in [1.29, 1.82) is 5.41 Å². The highest BCUT2D eigenvalue weighted by Gasteiger charge is 2.36. The number of methoxy groups -OCH3 is 1. The number of Topliss-reactive ketones (excluding diaryl/α,β-unsaturated/α-hetero) is 1. The Bertz CT molecular complexity index is 1050. The van der Waals surface area contributed by atoms with Crippen molar-refractivity contribution in [3.63, 3.8) is 0 Å². The van der Waals surface area contributed by atoms with Gasteiger partial charge in [-0.15, -0.1) is 0 Å². The highest BCUT2D eigenvalue weighted by molar-refractivity contribution is 9.10. The first-order valence-electron chi connectivity index (χ1n) is 7.41. The third kappa shape index (κ3) is 3.26. The van der Waals surface area contributed by atoms with Crippen molar-refractivity contribution in [3.05, 3.63) is 63.9 Å². The molecule has 0 atom stereocenters. The summed E-state index contributed by atoms with van der Waals surface area (Å²) in [6, 6.07) is 7.36. The minimum atomic E-state index is -4.66. The van der Waals surface area contributed by atoms with Gasteiger partial charge in [-0.3, -0.25) is 14.6 Å². The third-order valence-corrected chi connectivity index (χ3v) is 4.46. The summed E-state index contributed by atoms with van der Waals surface area (Å²) in [5.74, 6) is -0.925. The fraction of sp³-hybridized carbons (Fsp3) is 0.176. The predicted molar refractivity (Wildman–Crippen MR) is 91.3 cm³/mol. The Balaban J connectivity index is 2.01. The second-order valence-corrected chi connectivity index (χ2v) is 6.39. The fourth-order valence-electron chi connectivity index (χ4n) is 2.65. The van der Waals surface area contributed by atoms with Gasteiger partial charge in [0.1, 0.15) is 5.75 Å². The summed E-state index contributed by atoms with van der Waals surface area (Å²) >= 11 is 3.02. The molecule has 1 aromatic carbocycles. The zero-order valence-corrected chi connectivity index (χ0v) is 15.1. The van der Waals surface area contributed by atoms with Crippen LogP contribution in [0, 0.1) is 5.41 Å². The Morgan fingerprint density at radius 1 is 1.31 bits per heavy atom. The van der Waals surface area contributed by atoms with Crippen molar-refractivity contribution in [2.75, 3.05) is 7.11 Å². The van der Waals surface area contributed by atoms with E-state index in [4.69, 9.17) is 10.1 Å². The number of hydrogen-bond acceptors (Lipinski definition) is 3. The number of nitrogens with zero attached hydrogens (tertiary/aromatic N) is 2. The van der Waals surface area contributed by atoms with Crippen LogP contribution in [0.25, 0.3) is 5.52 Å². The van der Waals surface area contributed by atoms with Crippen molar-refractivity contribution >= 4 is 27.2 Å². The number of ether oxygens (including phenoxy) is 1. The van der Waals surface area contributed by atoms with Crippen LogP contribution in [0.1, 0.15) is 15.9 Å². The standard InChI is InChI=1S/C17H13BrF3N3O2/c1-26-15-12(17(19,20)21)6-10(7-13(15)18)14(25)9-23-8-11-4-2-3-5-24(11)16(23)22/h2-8,22H,9H2,1H3. The Morgan fingerprint density at radius 2 is 2.04 bits per heavy atom. The number of halogens is 4. The van der Waals surface area contributed by atoms with Crippen molar-refractivity contribution in [2.24, 2.45) is 0 Å². The van der Waals surface area contributed by atoms with Crippen LogP contribution in [0.3, 0.4) is 0 Å². The number of hydrogen-bond donors (Lipinski definition) is 1. The van der Waals surface area contributed by atoms with E-state index in [1.54, 1.807) is 35.0 Å². The lowest BCUT2D eigenvalue weighted by Crippen LogP contribution is -2.24. The van der Waals surface area contributed by atoms with E-state index in [-0.39, 0.29) is 27.9 Å². The summed E-state index contributed by atoms with van der Waals surface area (Å²) in [5, 5.41) is 8.09. The van der Waals surface area contributed by atoms with Crippen molar-refractivity contribution in [2.45, 2.75) is 12.7 Å². The van der Waals surface area contributed by atoms with Crippen LogP contribution in [-0.4, -0.2) is 21.9 Å². The van der Waals surface area contributed by atoms with Crippen molar-refractivity contribution < 1.29 is 22.7 Å². The largest absolute Gasteiger partial charge is 0.495 e. The smallest absolute Gasteiger partial charge is 0.420 e. The molecule has 1 N–H and O–H groups in total. The SMILES string of the molecule is COc1c(Br)cc(C(=O)Cn2cc3ccccn3c2=N)cc1C(F)(F)F. The molecule has 0 fully saturated rings. The maximum atomic E-state index is 13.2. The lowest BCUT2D eigenvalue weighted by molar-refractivity contribution is -0.138. The maximum Gasteiger partial charge on any atom is 0.420 e. The quantitative estimate of drug-likeness (QED) is 0.642. The second kappa shape index (κ2) is 6.64. The first-order valence-corrected chi connectivity index (χ1v) is 8.20. The molecule has 0 saturated heterocycles. The lowest BCUT2D eigenvalue weighted by atomic mass is 10.1. The summed E-state index contributed by atoms with van der Waals surface area (Å²) in [7, 11) is 1.13. The molecule has 9 heteroatoms. The minimum absolute atomic E-state index is 0.0383. The Labute approximate surface area is 154 Å². The Morgan fingerprint density at radius 3 is 2.65 bits per heavy atom. The number of aromatic nitrogens is 2. The molecule has 0 spiro atoms. The van der Waals surface area contributed by atoms with Gasteiger partial charge >= 0.3 is 6.18 Å². The molecule has 0 aliphatic heterocycles. The van der Waals surface area contributed by atoms with E-state index in [9.17, 15) is 18.0 Å². The minimum Gasteiger partial charge on any atom is -0.495 e. The molecule has 0 bridgehead atoms. The molecule has 0 amide bonds. The van der Waals surface area contributed by atoms with Gasteiger partial charge in [0, 0.05) is 18.0 Å². The average molecular weight is 428 g/mol. The first-order chi connectivity index (χ1) is 12.2. The molecule has 5 nitrogen and oxygen atoms in total. The molecule has 2 aromatic heterocycles. The number of carbonyl (C=O) groups excluding carboxylic acids is 1. The number of ketones is 1. The van der Waals surface area contributed by atoms with Crippen LogP contribution in [-0.2, 0) is 12.7 Å². The highest BCUT2D eigenvalue weighted by Crippen LogP contribution is 2.41. The van der Waals surface area contributed by atoms with Gasteiger partial charge in [0.15, 0.2) is 5.78 Å². The molecule has 26 heavy (non-hydrogen) atoms. The monoisotopic (exact) mass is 427 g/mol. The lowest BCUT2D eigenvalue weighted by Gasteiger charge is -2.15. The Kier molecular flexibility index (Phi) is 4.66. The highest BCUT2D eigenvalue weighted by atomic mass is 79.9. The molecule has 136 valence electrons. The van der Waals surface area contributed by atoms with Gasteiger partial charge in [-0.1, -0.05) is 6.07 Å². The van der Waals surface area contributed by atoms with E-state index in [2.05, 4.69) is 15.9 Å². The normalized spacial score (nSPS) is 11.7. The molecule has 0 aliphatic rings. The van der Waals surface area contributed by atoms with Crippen molar-refractivity contribution in [3.8, 4) is 5.75 Å². The van der Waals surface area contributed by atoms with E-state index in [0.29, 0.717) is 5.52 Å². The van der Waals surface area contributed by atoms with Crippen LogP contribution in [0.15, 0.2) is 47.2 Å². The molecule has 0 saturated carbocycles. The topological polar surface area (TPSA) is 59.5 Å². The van der Waals surface area contributed by atoms with Crippen LogP contribution in [0.5, 0.6) is 5.75 Å². The summed E-state index contributed by atoms with van der Waals surface area (Å²) < 4.78 is 47.5. The molecule has 0 aliphatic carbocycles. The van der Waals surface area contributed by atoms with E-state index in [0.717, 1.165) is 13.2 Å². The van der Waals surface area contributed by atoms with Gasteiger partial charge < -0.3 is 9.30 Å². The van der Waals surface area contributed by atoms with Gasteiger partial charge in [0.2, 0.25) is 5.62 Å². The molecule has 0 radical (unpaired) electrons. The summed E-state index contributed by atoms with van der Waals surface area (Å²) in [6.07, 6.45) is -1.39. The van der Waals surface area contributed by atoms with E-state index in [1.165, 1.54) is 10.6 Å². The van der Waals surface area contributed by atoms with Crippen molar-refractivity contribution in [1.82, 2.24) is 8.97 Å². The number of benzene rings is 1. The van der Waals surface area contributed by atoms with E-state index < -0.39 is 17.5 Å². The van der Waals surface area contributed by atoms with Crippen LogP contribution in [0.2, 0.25) is 0 Å². The molecule has 3 aromatic rings. The number of nitrogens with one attached hydrogen (secondary N) is 1. The maximum absolute atomic E-state index is 13.2. The molecule has 2 heterocycles. The van der Waals surface area contributed by atoms with Gasteiger partial charge in [-0.05, 0) is 40.2 Å².